The van der Waals surface area contributed by atoms with E-state index >= 15 is 0 Å². The fourth-order valence-corrected chi connectivity index (χ4v) is 16.4. The molecular formula is C87H100N16O14S. The standard InChI is InChI=1S/C29H30N6O4.C16H19N3O.C13H11N3O4.C13H19NO3S.C12H17NO.C4H4N2O/c36-25-10-9-24(27(37)32-25)35-28(38)22-7-4-8-23(26(22)29(35)39)30-15-20-16-31-34(18-20)21-11-13-33(14-12-21)17-19-5-2-1-3-6-19;20-13-15-10-17-19(12-15)16-6-8-18(9-7-16)11-14-4-2-1-3-5-14;14-7-3-1-2-6-10(7)13(20)16(12(6)19)8-4-5-9(17)15-11(8)18;1-18(15,16)17-13-9-7-12(8-10-13)14-11-5-3-2-4-6-11;14-12-8-6-11(7-9-12)13-10-4-2-1-3-5-10;7-3-4-1-5-6-2-4/h1-8,16,18,21,24,30H,9-15,17H2,(H,32,36,37);1-5,10,12-13,16H,6-9,11H2;1-3,8H,4-5,14H2,(H,15,17,18);2-6,12-14H,7-10H2,1H3;1-5,11-14H,6-9H2;1-3H,(H,5,6). The Morgan fingerprint density at radius 2 is 0.958 bits per heavy atom. The minimum Gasteiger partial charge on any atom is -0.398 e. The van der Waals surface area contributed by atoms with E-state index in [1.54, 1.807) is 30.5 Å². The summed E-state index contributed by atoms with van der Waals surface area (Å²) in [5.41, 5.74) is 14.5. The first kappa shape index (κ1) is 85.2. The van der Waals surface area contributed by atoms with Crippen LogP contribution in [0.5, 0.6) is 0 Å². The Balaban J connectivity index is 0.000000139. The number of piperidine rings is 4. The molecule has 2 aliphatic carbocycles. The number of nitrogens with one attached hydrogen (secondary N) is 6. The van der Waals surface area contributed by atoms with Gasteiger partial charge in [-0.3, -0.25) is 96.8 Å². The Kier molecular flexibility index (Phi) is 29.7. The molecule has 30 nitrogen and oxygen atoms in total. The van der Waals surface area contributed by atoms with E-state index in [2.05, 4.69) is 124 Å². The van der Waals surface area contributed by atoms with Gasteiger partial charge in [-0.05, 0) is 150 Å². The molecule has 9 N–H and O–H groups in total. The molecule has 6 aromatic carbocycles. The van der Waals surface area contributed by atoms with Crippen LogP contribution >= 0.6 is 0 Å². The monoisotopic (exact) mass is 1620 g/mol. The number of aliphatic hydroxyl groups excluding tert-OH is 1. The summed E-state index contributed by atoms with van der Waals surface area (Å²) >= 11 is 0. The number of hydrogen-bond donors (Lipinski definition) is 8. The number of aromatic nitrogens is 6. The van der Waals surface area contributed by atoms with Crippen molar-refractivity contribution in [2.45, 2.75) is 171 Å². The van der Waals surface area contributed by atoms with E-state index in [9.17, 15) is 61.5 Å². The number of nitrogens with zero attached hydrogens (tertiary/aromatic N) is 9. The van der Waals surface area contributed by atoms with Crippen molar-refractivity contribution in [2.75, 3.05) is 54.1 Å². The minimum absolute atomic E-state index is 0.0659. The third kappa shape index (κ3) is 23.4. The van der Waals surface area contributed by atoms with Crippen LogP contribution in [-0.4, -0.2) is 192 Å². The van der Waals surface area contributed by atoms with Crippen molar-refractivity contribution in [2.24, 2.45) is 0 Å². The second-order valence-corrected chi connectivity index (χ2v) is 32.0. The Hall–Kier alpha value is -12.2. The number of hydrogen-bond acceptors (Lipinski definition) is 23. The van der Waals surface area contributed by atoms with Crippen LogP contribution in [0, 0.1) is 0 Å². The van der Waals surface area contributed by atoms with E-state index in [1.165, 1.54) is 41.3 Å². The van der Waals surface area contributed by atoms with Crippen LogP contribution in [0.1, 0.15) is 194 Å². The number of aldehydes is 2. The fraction of sp³-hybridized carbons (Fsp3) is 0.368. The number of H-pyrrole nitrogens is 1. The molecule has 3 aromatic heterocycles. The molecule has 0 bridgehead atoms. The maximum Gasteiger partial charge on any atom is 0.264 e. The van der Waals surface area contributed by atoms with Crippen molar-refractivity contribution < 1.29 is 65.7 Å². The Labute approximate surface area is 684 Å². The minimum atomic E-state index is -3.32. The highest BCUT2D eigenvalue weighted by Gasteiger charge is 2.47. The highest BCUT2D eigenvalue weighted by atomic mass is 32.2. The number of benzene rings is 6. The number of imide groups is 4. The fourth-order valence-electron chi connectivity index (χ4n) is 15.7. The molecule has 6 aliphatic heterocycles. The molecule has 2 atom stereocenters. The summed E-state index contributed by atoms with van der Waals surface area (Å²) in [6.07, 6.45) is 25.0. The first-order valence-corrected chi connectivity index (χ1v) is 41.8. The number of fused-ring (bicyclic) bond motifs is 2. The quantitative estimate of drug-likeness (QED) is 0.0161. The van der Waals surface area contributed by atoms with Gasteiger partial charge in [0.15, 0.2) is 12.6 Å². The highest BCUT2D eigenvalue weighted by Crippen LogP contribution is 2.35. The van der Waals surface area contributed by atoms with Crippen LogP contribution in [0.3, 0.4) is 0 Å². The number of carbonyl (C=O) groups is 10. The number of aromatic amines is 1. The van der Waals surface area contributed by atoms with E-state index in [-0.39, 0.29) is 65.8 Å². The van der Waals surface area contributed by atoms with Gasteiger partial charge in [0.1, 0.15) is 12.1 Å². The van der Waals surface area contributed by atoms with Crippen molar-refractivity contribution in [1.82, 2.24) is 60.0 Å². The summed E-state index contributed by atoms with van der Waals surface area (Å²) in [6, 6.07) is 50.9. The zero-order valence-corrected chi connectivity index (χ0v) is 66.6. The predicted molar refractivity (Wildman–Crippen MR) is 442 cm³/mol. The van der Waals surface area contributed by atoms with Gasteiger partial charge in [-0.1, -0.05) is 109 Å². The lowest BCUT2D eigenvalue weighted by molar-refractivity contribution is -0.137. The molecule has 9 aromatic rings. The molecule has 118 heavy (non-hydrogen) atoms. The zero-order valence-electron chi connectivity index (χ0n) is 65.8. The molecule has 17 rings (SSSR count). The molecule has 31 heteroatoms. The van der Waals surface area contributed by atoms with Gasteiger partial charge in [-0.2, -0.15) is 23.7 Å². The average molecular weight is 1630 g/mol. The predicted octanol–water partition coefficient (Wildman–Crippen LogP) is 9.95. The van der Waals surface area contributed by atoms with E-state index in [4.69, 9.17) is 9.92 Å². The van der Waals surface area contributed by atoms with Gasteiger partial charge in [0.25, 0.3) is 33.7 Å². The number of nitrogen functional groups attached to an aromatic ring is 1. The summed E-state index contributed by atoms with van der Waals surface area (Å²) in [4.78, 5) is 125. The summed E-state index contributed by atoms with van der Waals surface area (Å²) in [7, 11) is -3.32. The summed E-state index contributed by atoms with van der Waals surface area (Å²) in [5.74, 6) is -4.21. The van der Waals surface area contributed by atoms with E-state index < -0.39 is 69.5 Å². The lowest BCUT2D eigenvalue weighted by Gasteiger charge is -2.32. The number of anilines is 4. The molecular weight excluding hydrogens is 1530 g/mol. The van der Waals surface area contributed by atoms with Crippen molar-refractivity contribution in [3.8, 4) is 0 Å². The lowest BCUT2D eigenvalue weighted by Crippen LogP contribution is -2.54. The van der Waals surface area contributed by atoms with Crippen LogP contribution in [0.15, 0.2) is 195 Å². The molecule has 618 valence electrons. The normalized spacial score (nSPS) is 20.9. The van der Waals surface area contributed by atoms with Crippen LogP contribution < -0.4 is 32.3 Å². The Morgan fingerprint density at radius 1 is 0.500 bits per heavy atom. The lowest BCUT2D eigenvalue weighted by atomic mass is 9.93. The molecule has 8 aliphatic rings. The summed E-state index contributed by atoms with van der Waals surface area (Å²) in [6.45, 7) is 6.61. The first-order valence-electron chi connectivity index (χ1n) is 40.0. The molecule has 0 radical (unpaired) electrons. The molecule has 4 saturated heterocycles. The highest BCUT2D eigenvalue weighted by molar-refractivity contribution is 7.86. The van der Waals surface area contributed by atoms with Crippen molar-refractivity contribution in [3.63, 3.8) is 0 Å². The average Bonchev–Trinajstić information content (AvgIpc) is 1.61. The van der Waals surface area contributed by atoms with Crippen LogP contribution in [0.25, 0.3) is 0 Å². The third-order valence-electron chi connectivity index (χ3n) is 21.9. The second kappa shape index (κ2) is 41.1. The summed E-state index contributed by atoms with van der Waals surface area (Å²) in [5, 5.41) is 38.9. The second-order valence-electron chi connectivity index (χ2n) is 30.4. The maximum absolute atomic E-state index is 13.3. The van der Waals surface area contributed by atoms with Gasteiger partial charge in [0, 0.05) is 118 Å². The number of amides is 8. The van der Waals surface area contributed by atoms with E-state index in [0.29, 0.717) is 47.5 Å². The number of para-hydroxylation sites is 2. The smallest absolute Gasteiger partial charge is 0.264 e. The van der Waals surface area contributed by atoms with Gasteiger partial charge in [0.2, 0.25) is 23.6 Å². The van der Waals surface area contributed by atoms with Crippen molar-refractivity contribution in [3.05, 3.63) is 245 Å². The molecule has 2 saturated carbocycles. The van der Waals surface area contributed by atoms with Crippen molar-refractivity contribution >= 4 is 92.7 Å². The number of carbonyl (C=O) groups excluding carboxylic acids is 10. The molecule has 2 unspecified atom stereocenters. The van der Waals surface area contributed by atoms with Crippen LogP contribution in [0.4, 0.5) is 22.7 Å². The molecule has 9 heterocycles. The maximum atomic E-state index is 13.3. The molecule has 8 amide bonds. The Morgan fingerprint density at radius 3 is 1.41 bits per heavy atom. The van der Waals surface area contributed by atoms with Crippen molar-refractivity contribution in [1.29, 1.82) is 0 Å². The zero-order chi connectivity index (χ0) is 83.1. The van der Waals surface area contributed by atoms with E-state index in [1.807, 2.05) is 82.6 Å². The molecule has 6 fully saturated rings. The number of nitrogens with two attached hydrogens (primary N) is 1. The van der Waals surface area contributed by atoms with Crippen LogP contribution in [-0.2, 0) is 53.1 Å². The Bertz CT molecular complexity index is 5020. The van der Waals surface area contributed by atoms with Gasteiger partial charge in [-0.15, -0.1) is 0 Å². The number of likely N-dealkylation sites (tertiary alicyclic amines) is 2. The topological polar surface area (TPSA) is 398 Å². The van der Waals surface area contributed by atoms with Gasteiger partial charge >= 0.3 is 0 Å². The van der Waals surface area contributed by atoms with Gasteiger partial charge < -0.3 is 26.8 Å². The van der Waals surface area contributed by atoms with Gasteiger partial charge in [0.05, 0.1) is 82.5 Å². The van der Waals surface area contributed by atoms with Crippen LogP contribution in [0.2, 0.25) is 0 Å². The SMILES string of the molecule is CS(=O)(=O)OC1CCC(Nc2ccccc2)CC1.Nc1cccc2c1C(=O)N(C1CCC(=O)NC1=O)C2=O.O=C1CCC(N2C(=O)c3cccc(NCc4cnn(C5CCN(Cc6ccccc6)CC5)c4)c3C2=O)C(=O)N1.O=Cc1cn[nH]c1.O=Cc1cnn(C2CCN(Cc3ccccc3)CC2)c1.OC1CCC(Nc2ccccc2)CC1. The number of aliphatic hydroxyl groups is 1. The van der Waals surface area contributed by atoms with E-state index in [0.717, 1.165) is 156 Å². The summed E-state index contributed by atoms with van der Waals surface area (Å²) < 4.78 is 31.1. The molecule has 0 spiro atoms. The number of rotatable bonds is 19. The largest absolute Gasteiger partial charge is 0.398 e. The third-order valence-corrected chi connectivity index (χ3v) is 22.5. The first-order chi connectivity index (χ1) is 57.1. The van der Waals surface area contributed by atoms with Gasteiger partial charge in [-0.25, -0.2) is 0 Å².